The average molecular weight is 193 g/mol. The molecule has 14 heavy (non-hydrogen) atoms. The smallest absolute Gasteiger partial charge is 0.123 e. The van der Waals surface area contributed by atoms with E-state index >= 15 is 0 Å². The second-order valence-electron chi connectivity index (χ2n) is 4.43. The van der Waals surface area contributed by atoms with E-state index in [9.17, 15) is 4.39 Å². The van der Waals surface area contributed by atoms with E-state index in [-0.39, 0.29) is 11.4 Å². The summed E-state index contributed by atoms with van der Waals surface area (Å²) in [7, 11) is 0. The first-order valence-electron chi connectivity index (χ1n) is 5.14. The van der Waals surface area contributed by atoms with Gasteiger partial charge < -0.3 is 5.32 Å². The Labute approximate surface area is 84.3 Å². The van der Waals surface area contributed by atoms with Crippen molar-refractivity contribution in [2.75, 3.05) is 0 Å². The highest BCUT2D eigenvalue weighted by Gasteiger charge is 2.33. The first-order chi connectivity index (χ1) is 6.60. The monoisotopic (exact) mass is 193 g/mol. The molecule has 2 atom stereocenters. The largest absolute Gasteiger partial charge is 0.305 e. The molecular formula is C12H16FN. The maximum absolute atomic E-state index is 13.1. The third kappa shape index (κ3) is 1.67. The molecule has 0 spiro atoms. The molecule has 0 radical (unpaired) electrons. The molecule has 1 nitrogen and oxygen atoms in total. The predicted octanol–water partition coefficient (Wildman–Crippen LogP) is 2.81. The molecule has 2 rings (SSSR count). The summed E-state index contributed by atoms with van der Waals surface area (Å²) < 4.78 is 13.1. The third-order valence-corrected chi connectivity index (χ3v) is 3.10. The molecule has 1 heterocycles. The summed E-state index contributed by atoms with van der Waals surface area (Å²) in [4.78, 5) is 0. The number of halogens is 1. The maximum atomic E-state index is 13.1. The van der Waals surface area contributed by atoms with Gasteiger partial charge in [0.15, 0.2) is 0 Å². The summed E-state index contributed by atoms with van der Waals surface area (Å²) in [5.41, 5.74) is 1.02. The molecular weight excluding hydrogens is 177 g/mol. The van der Waals surface area contributed by atoms with Crippen molar-refractivity contribution in [2.45, 2.75) is 38.3 Å². The minimum atomic E-state index is -0.148. The van der Waals surface area contributed by atoms with Gasteiger partial charge in [0.2, 0.25) is 0 Å². The number of benzene rings is 1. The van der Waals surface area contributed by atoms with E-state index < -0.39 is 0 Å². The van der Waals surface area contributed by atoms with Crippen LogP contribution in [0.15, 0.2) is 24.3 Å². The molecule has 1 fully saturated rings. The Hall–Kier alpha value is -0.890. The second kappa shape index (κ2) is 3.35. The Morgan fingerprint density at radius 1 is 1.50 bits per heavy atom. The topological polar surface area (TPSA) is 12.0 Å². The molecule has 1 aromatic carbocycles. The lowest BCUT2D eigenvalue weighted by Crippen LogP contribution is -2.36. The van der Waals surface area contributed by atoms with Crippen LogP contribution in [-0.2, 0) is 5.54 Å². The van der Waals surface area contributed by atoms with Gasteiger partial charge in [-0.2, -0.15) is 0 Å². The molecule has 76 valence electrons. The van der Waals surface area contributed by atoms with Crippen LogP contribution in [0, 0.1) is 5.82 Å². The molecule has 1 saturated heterocycles. The SMILES string of the molecule is CC1CCC(C)(c2cccc(F)c2)N1. The molecule has 0 aromatic heterocycles. The molecule has 2 heteroatoms. The van der Waals surface area contributed by atoms with E-state index in [1.807, 2.05) is 6.07 Å². The van der Waals surface area contributed by atoms with Crippen LogP contribution in [0.4, 0.5) is 4.39 Å². The molecule has 0 saturated carbocycles. The van der Waals surface area contributed by atoms with Gasteiger partial charge in [-0.15, -0.1) is 0 Å². The van der Waals surface area contributed by atoms with E-state index in [0.717, 1.165) is 18.4 Å². The summed E-state index contributed by atoms with van der Waals surface area (Å²) >= 11 is 0. The van der Waals surface area contributed by atoms with E-state index in [1.54, 1.807) is 12.1 Å². The Kier molecular flexibility index (Phi) is 2.31. The first-order valence-corrected chi connectivity index (χ1v) is 5.14. The Morgan fingerprint density at radius 2 is 2.29 bits per heavy atom. The average Bonchev–Trinajstić information content (AvgIpc) is 2.48. The van der Waals surface area contributed by atoms with Crippen molar-refractivity contribution in [3.8, 4) is 0 Å². The zero-order chi connectivity index (χ0) is 10.2. The van der Waals surface area contributed by atoms with Crippen LogP contribution in [-0.4, -0.2) is 6.04 Å². The Bertz CT molecular complexity index is 337. The van der Waals surface area contributed by atoms with Gasteiger partial charge in [-0.25, -0.2) is 4.39 Å². The summed E-state index contributed by atoms with van der Waals surface area (Å²) in [6.07, 6.45) is 2.24. The number of rotatable bonds is 1. The van der Waals surface area contributed by atoms with Crippen molar-refractivity contribution in [3.63, 3.8) is 0 Å². The van der Waals surface area contributed by atoms with Gasteiger partial charge in [-0.1, -0.05) is 12.1 Å². The predicted molar refractivity (Wildman–Crippen MR) is 55.6 cm³/mol. The highest BCUT2D eigenvalue weighted by molar-refractivity contribution is 5.26. The fourth-order valence-corrected chi connectivity index (χ4v) is 2.25. The number of hydrogen-bond donors (Lipinski definition) is 1. The Balaban J connectivity index is 2.30. The van der Waals surface area contributed by atoms with Gasteiger partial charge in [0, 0.05) is 11.6 Å². The third-order valence-electron chi connectivity index (χ3n) is 3.10. The summed E-state index contributed by atoms with van der Waals surface area (Å²) in [6.45, 7) is 4.32. The fourth-order valence-electron chi connectivity index (χ4n) is 2.25. The van der Waals surface area contributed by atoms with Gasteiger partial charge in [-0.3, -0.25) is 0 Å². The van der Waals surface area contributed by atoms with E-state index in [1.165, 1.54) is 6.07 Å². The summed E-state index contributed by atoms with van der Waals surface area (Å²) in [5.74, 6) is -0.148. The highest BCUT2D eigenvalue weighted by Crippen LogP contribution is 2.32. The fraction of sp³-hybridized carbons (Fsp3) is 0.500. The molecule has 0 aliphatic carbocycles. The molecule has 0 bridgehead atoms. The number of hydrogen-bond acceptors (Lipinski definition) is 1. The van der Waals surface area contributed by atoms with Crippen LogP contribution in [0.3, 0.4) is 0 Å². The quantitative estimate of drug-likeness (QED) is 0.723. The maximum Gasteiger partial charge on any atom is 0.123 e. The van der Waals surface area contributed by atoms with E-state index in [2.05, 4.69) is 19.2 Å². The lowest BCUT2D eigenvalue weighted by molar-refractivity contribution is 0.411. The van der Waals surface area contributed by atoms with Crippen molar-refractivity contribution in [1.82, 2.24) is 5.32 Å². The zero-order valence-electron chi connectivity index (χ0n) is 8.68. The minimum Gasteiger partial charge on any atom is -0.305 e. The molecule has 0 amide bonds. The zero-order valence-corrected chi connectivity index (χ0v) is 8.68. The molecule has 1 N–H and O–H groups in total. The van der Waals surface area contributed by atoms with E-state index in [0.29, 0.717) is 6.04 Å². The molecule has 1 aliphatic heterocycles. The van der Waals surface area contributed by atoms with Crippen molar-refractivity contribution in [2.24, 2.45) is 0 Å². The van der Waals surface area contributed by atoms with Gasteiger partial charge in [0.05, 0.1) is 0 Å². The van der Waals surface area contributed by atoms with Crippen LogP contribution in [0.5, 0.6) is 0 Å². The van der Waals surface area contributed by atoms with Crippen LogP contribution in [0.1, 0.15) is 32.3 Å². The van der Waals surface area contributed by atoms with Gasteiger partial charge >= 0.3 is 0 Å². The summed E-state index contributed by atoms with van der Waals surface area (Å²) in [6, 6.07) is 7.42. The van der Waals surface area contributed by atoms with Crippen molar-refractivity contribution in [3.05, 3.63) is 35.6 Å². The second-order valence-corrected chi connectivity index (χ2v) is 4.43. The molecule has 1 aliphatic rings. The lowest BCUT2D eigenvalue weighted by atomic mass is 9.91. The molecule has 1 aromatic rings. The Morgan fingerprint density at radius 3 is 2.86 bits per heavy atom. The van der Waals surface area contributed by atoms with E-state index in [4.69, 9.17) is 0 Å². The number of nitrogens with one attached hydrogen (secondary N) is 1. The molecule has 2 unspecified atom stereocenters. The lowest BCUT2D eigenvalue weighted by Gasteiger charge is -2.26. The van der Waals surface area contributed by atoms with Crippen LogP contribution in [0.25, 0.3) is 0 Å². The minimum absolute atomic E-state index is 0.0402. The van der Waals surface area contributed by atoms with Crippen LogP contribution in [0.2, 0.25) is 0 Å². The van der Waals surface area contributed by atoms with Crippen LogP contribution < -0.4 is 5.32 Å². The van der Waals surface area contributed by atoms with Gasteiger partial charge in [0.1, 0.15) is 5.82 Å². The summed E-state index contributed by atoms with van der Waals surface area (Å²) in [5, 5.41) is 3.51. The highest BCUT2D eigenvalue weighted by atomic mass is 19.1. The van der Waals surface area contributed by atoms with Crippen molar-refractivity contribution in [1.29, 1.82) is 0 Å². The van der Waals surface area contributed by atoms with Crippen molar-refractivity contribution < 1.29 is 4.39 Å². The van der Waals surface area contributed by atoms with Gasteiger partial charge in [0.25, 0.3) is 0 Å². The van der Waals surface area contributed by atoms with Crippen molar-refractivity contribution >= 4 is 0 Å². The van der Waals surface area contributed by atoms with Crippen LogP contribution >= 0.6 is 0 Å². The normalized spacial score (nSPS) is 32.1. The van der Waals surface area contributed by atoms with Gasteiger partial charge in [-0.05, 0) is 44.4 Å². The first kappa shape index (κ1) is 9.66. The standard InChI is InChI=1S/C12H16FN/c1-9-6-7-12(2,14-9)10-4-3-5-11(13)8-10/h3-5,8-9,14H,6-7H2,1-2H3.